The van der Waals surface area contributed by atoms with Gasteiger partial charge >= 0.3 is 18.1 Å². The number of para-hydroxylation sites is 2. The number of alkyl halides is 3. The quantitative estimate of drug-likeness (QED) is 0.367. The Kier molecular flexibility index (Phi) is 8.15. The molecule has 2 aromatic rings. The SMILES string of the molecule is CCCCOC(=O)C(C)Oc1ccccc1Oc1ccc(C(F)(F)F)c(C(=O)O)c1Cl. The molecule has 0 aromatic heterocycles. The number of hydrogen-bond donors (Lipinski definition) is 1. The van der Waals surface area contributed by atoms with Gasteiger partial charge in [0.1, 0.15) is 5.75 Å². The Bertz CT molecular complexity index is 945. The first-order valence-corrected chi connectivity index (χ1v) is 9.67. The molecular weight excluding hydrogens is 441 g/mol. The second-order valence-corrected chi connectivity index (χ2v) is 6.81. The van der Waals surface area contributed by atoms with E-state index in [9.17, 15) is 27.9 Å². The first-order chi connectivity index (χ1) is 14.6. The Balaban J connectivity index is 2.30. The van der Waals surface area contributed by atoms with Crippen LogP contribution >= 0.6 is 11.6 Å². The number of ether oxygens (including phenoxy) is 3. The maximum absolute atomic E-state index is 13.1. The molecule has 2 aromatic carbocycles. The van der Waals surface area contributed by atoms with Gasteiger partial charge in [0, 0.05) is 0 Å². The molecule has 0 aliphatic heterocycles. The first-order valence-electron chi connectivity index (χ1n) is 9.29. The number of halogens is 4. The summed E-state index contributed by atoms with van der Waals surface area (Å²) >= 11 is 5.92. The summed E-state index contributed by atoms with van der Waals surface area (Å²) < 4.78 is 55.5. The van der Waals surface area contributed by atoms with E-state index in [0.717, 1.165) is 12.5 Å². The molecule has 1 atom stereocenters. The molecule has 168 valence electrons. The second-order valence-electron chi connectivity index (χ2n) is 6.43. The van der Waals surface area contributed by atoms with E-state index in [4.69, 9.17) is 25.8 Å². The number of aromatic carboxylic acids is 1. The summed E-state index contributed by atoms with van der Waals surface area (Å²) in [6.45, 7) is 3.67. The van der Waals surface area contributed by atoms with Gasteiger partial charge in [0.05, 0.1) is 22.8 Å². The zero-order chi connectivity index (χ0) is 23.2. The lowest BCUT2D eigenvalue weighted by atomic mass is 10.1. The number of rotatable bonds is 9. The normalized spacial score (nSPS) is 12.2. The Labute approximate surface area is 181 Å². The number of hydrogen-bond acceptors (Lipinski definition) is 5. The van der Waals surface area contributed by atoms with Crippen molar-refractivity contribution >= 4 is 23.5 Å². The van der Waals surface area contributed by atoms with Gasteiger partial charge in [-0.3, -0.25) is 0 Å². The van der Waals surface area contributed by atoms with Crippen molar-refractivity contribution in [1.29, 1.82) is 0 Å². The predicted octanol–water partition coefficient (Wildman–Crippen LogP) is 5.96. The third-order valence-electron chi connectivity index (χ3n) is 4.07. The molecule has 0 saturated heterocycles. The molecule has 0 aliphatic carbocycles. The summed E-state index contributed by atoms with van der Waals surface area (Å²) in [5.74, 6) is -2.65. The largest absolute Gasteiger partial charge is 0.478 e. The summed E-state index contributed by atoms with van der Waals surface area (Å²) in [7, 11) is 0. The van der Waals surface area contributed by atoms with Gasteiger partial charge in [0.25, 0.3) is 0 Å². The number of carboxylic acid groups (broad SMARTS) is 1. The van der Waals surface area contributed by atoms with Crippen LogP contribution in [0.1, 0.15) is 42.6 Å². The summed E-state index contributed by atoms with van der Waals surface area (Å²) in [6, 6.07) is 7.54. The lowest BCUT2D eigenvalue weighted by Gasteiger charge is -2.18. The maximum atomic E-state index is 13.1. The zero-order valence-electron chi connectivity index (χ0n) is 16.7. The van der Waals surface area contributed by atoms with Crippen molar-refractivity contribution in [2.75, 3.05) is 6.61 Å². The zero-order valence-corrected chi connectivity index (χ0v) is 17.4. The lowest BCUT2D eigenvalue weighted by molar-refractivity contribution is -0.151. The molecular formula is C21H20ClF3O6. The third kappa shape index (κ3) is 6.27. The van der Waals surface area contributed by atoms with Gasteiger partial charge in [-0.25, -0.2) is 9.59 Å². The van der Waals surface area contributed by atoms with E-state index in [1.54, 1.807) is 12.1 Å². The van der Waals surface area contributed by atoms with Crippen LogP contribution in [0, 0.1) is 0 Å². The fraction of sp³-hybridized carbons (Fsp3) is 0.333. The van der Waals surface area contributed by atoms with Crippen molar-refractivity contribution in [1.82, 2.24) is 0 Å². The van der Waals surface area contributed by atoms with E-state index >= 15 is 0 Å². The van der Waals surface area contributed by atoms with Gasteiger partial charge in [-0.1, -0.05) is 37.1 Å². The van der Waals surface area contributed by atoms with Gasteiger partial charge in [0.2, 0.25) is 0 Å². The summed E-state index contributed by atoms with van der Waals surface area (Å²) in [4.78, 5) is 23.4. The Hall–Kier alpha value is -2.94. The van der Waals surface area contributed by atoms with Gasteiger partial charge in [-0.05, 0) is 37.6 Å². The van der Waals surface area contributed by atoms with Crippen molar-refractivity contribution < 1.29 is 42.1 Å². The molecule has 10 heteroatoms. The molecule has 0 bridgehead atoms. The molecule has 0 heterocycles. The van der Waals surface area contributed by atoms with Crippen LogP contribution in [0.2, 0.25) is 5.02 Å². The lowest BCUT2D eigenvalue weighted by Crippen LogP contribution is -2.26. The van der Waals surface area contributed by atoms with Crippen LogP contribution in [0.3, 0.4) is 0 Å². The predicted molar refractivity (Wildman–Crippen MR) is 106 cm³/mol. The molecule has 0 aliphatic rings. The van der Waals surface area contributed by atoms with Gasteiger partial charge in [0.15, 0.2) is 17.6 Å². The average Bonchev–Trinajstić information content (AvgIpc) is 2.69. The van der Waals surface area contributed by atoms with E-state index in [0.29, 0.717) is 12.5 Å². The number of benzene rings is 2. The van der Waals surface area contributed by atoms with Gasteiger partial charge < -0.3 is 19.3 Å². The molecule has 0 saturated carbocycles. The van der Waals surface area contributed by atoms with E-state index in [1.807, 2.05) is 6.92 Å². The Morgan fingerprint density at radius 1 is 1.10 bits per heavy atom. The molecule has 0 radical (unpaired) electrons. The Morgan fingerprint density at radius 2 is 1.74 bits per heavy atom. The summed E-state index contributed by atoms with van der Waals surface area (Å²) in [6.07, 6.45) is -4.34. The highest BCUT2D eigenvalue weighted by Gasteiger charge is 2.37. The highest BCUT2D eigenvalue weighted by Crippen LogP contribution is 2.42. The molecule has 31 heavy (non-hydrogen) atoms. The first kappa shape index (κ1) is 24.3. The van der Waals surface area contributed by atoms with Crippen LogP contribution in [0.4, 0.5) is 13.2 Å². The molecule has 0 fully saturated rings. The van der Waals surface area contributed by atoms with Crippen molar-refractivity contribution in [3.05, 3.63) is 52.5 Å². The third-order valence-corrected chi connectivity index (χ3v) is 4.45. The molecule has 1 unspecified atom stereocenters. The number of esters is 1. The number of carboxylic acids is 1. The van der Waals surface area contributed by atoms with Crippen molar-refractivity contribution in [2.45, 2.75) is 39.0 Å². The van der Waals surface area contributed by atoms with Crippen LogP contribution in [0.5, 0.6) is 17.2 Å². The summed E-state index contributed by atoms with van der Waals surface area (Å²) in [5.41, 5.74) is -2.52. The molecule has 2 rings (SSSR count). The monoisotopic (exact) mass is 460 g/mol. The van der Waals surface area contributed by atoms with Crippen LogP contribution in [0.25, 0.3) is 0 Å². The van der Waals surface area contributed by atoms with E-state index in [-0.39, 0.29) is 23.9 Å². The summed E-state index contributed by atoms with van der Waals surface area (Å²) in [5, 5.41) is 8.49. The van der Waals surface area contributed by atoms with Crippen LogP contribution in [-0.4, -0.2) is 29.8 Å². The smallest absolute Gasteiger partial charge is 0.417 e. The van der Waals surface area contributed by atoms with Crippen LogP contribution in [0.15, 0.2) is 36.4 Å². The molecule has 6 nitrogen and oxygen atoms in total. The van der Waals surface area contributed by atoms with E-state index in [2.05, 4.69) is 0 Å². The maximum Gasteiger partial charge on any atom is 0.417 e. The van der Waals surface area contributed by atoms with Gasteiger partial charge in [-0.2, -0.15) is 13.2 Å². The topological polar surface area (TPSA) is 82.1 Å². The van der Waals surface area contributed by atoms with Crippen molar-refractivity contribution in [3.63, 3.8) is 0 Å². The van der Waals surface area contributed by atoms with Crippen LogP contribution in [-0.2, 0) is 15.7 Å². The standard InChI is InChI=1S/C21H20ClF3O6/c1-3-4-11-29-20(28)12(2)30-14-7-5-6-8-15(14)31-16-10-9-13(21(23,24)25)17(18(16)22)19(26)27/h5-10,12H,3-4,11H2,1-2H3,(H,26,27). The highest BCUT2D eigenvalue weighted by molar-refractivity contribution is 6.35. The Morgan fingerprint density at radius 3 is 2.32 bits per heavy atom. The van der Waals surface area contributed by atoms with E-state index < -0.39 is 40.4 Å². The molecule has 0 spiro atoms. The highest BCUT2D eigenvalue weighted by atomic mass is 35.5. The molecule has 0 amide bonds. The minimum absolute atomic E-state index is 0.0219. The van der Waals surface area contributed by atoms with Crippen molar-refractivity contribution in [3.8, 4) is 17.2 Å². The van der Waals surface area contributed by atoms with Crippen LogP contribution < -0.4 is 9.47 Å². The minimum Gasteiger partial charge on any atom is -0.478 e. The number of carbonyl (C=O) groups is 2. The average molecular weight is 461 g/mol. The fourth-order valence-electron chi connectivity index (χ4n) is 2.50. The second kappa shape index (κ2) is 10.4. The number of unbranched alkanes of at least 4 members (excludes halogenated alkanes) is 1. The minimum atomic E-state index is -4.91. The number of carbonyl (C=O) groups excluding carboxylic acids is 1. The van der Waals surface area contributed by atoms with Gasteiger partial charge in [-0.15, -0.1) is 0 Å². The van der Waals surface area contributed by atoms with E-state index in [1.165, 1.54) is 19.1 Å². The molecule has 1 N–H and O–H groups in total. The van der Waals surface area contributed by atoms with Crippen molar-refractivity contribution in [2.24, 2.45) is 0 Å². The fourth-order valence-corrected chi connectivity index (χ4v) is 2.79.